The molecule has 1 aliphatic heterocycles. The fraction of sp³-hybridized carbons (Fsp3) is 0.280. The summed E-state index contributed by atoms with van der Waals surface area (Å²) in [6, 6.07) is 22.4. The monoisotopic (exact) mass is 416 g/mol. The van der Waals surface area contributed by atoms with Gasteiger partial charge in [-0.1, -0.05) is 67.9 Å². The molecule has 4 aromatic rings. The van der Waals surface area contributed by atoms with Gasteiger partial charge in [-0.15, -0.1) is 0 Å². The fourth-order valence-corrected chi connectivity index (χ4v) is 4.68. The molecular weight excluding hydrogens is 392 g/mol. The summed E-state index contributed by atoms with van der Waals surface area (Å²) in [5, 5.41) is 5.67. The zero-order chi connectivity index (χ0) is 20.7. The molecule has 5 rings (SSSR count). The van der Waals surface area contributed by atoms with Gasteiger partial charge < -0.3 is 4.90 Å². The highest BCUT2D eigenvalue weighted by molar-refractivity contribution is 6.30. The van der Waals surface area contributed by atoms with Crippen LogP contribution < -0.4 is 4.90 Å². The summed E-state index contributed by atoms with van der Waals surface area (Å²) in [7, 11) is 0. The van der Waals surface area contributed by atoms with Crippen LogP contribution in [0.25, 0.3) is 28.2 Å². The lowest BCUT2D eigenvalue weighted by atomic mass is 9.92. The Labute approximate surface area is 182 Å². The van der Waals surface area contributed by atoms with Gasteiger partial charge in [0.25, 0.3) is 0 Å². The molecule has 152 valence electrons. The second kappa shape index (κ2) is 7.77. The molecule has 0 spiro atoms. The molecule has 2 aromatic carbocycles. The first kappa shape index (κ1) is 19.1. The Bertz CT molecular complexity index is 1160. The van der Waals surface area contributed by atoms with E-state index in [4.69, 9.17) is 21.7 Å². The molecule has 2 aromatic heterocycles. The largest absolute Gasteiger partial charge is 0.356 e. The number of halogens is 1. The third-order valence-electron chi connectivity index (χ3n) is 5.81. The molecule has 5 heteroatoms. The molecular formula is C25H25ClN4. The van der Waals surface area contributed by atoms with Gasteiger partial charge in [-0.3, -0.25) is 0 Å². The van der Waals surface area contributed by atoms with Crippen molar-refractivity contribution in [3.63, 3.8) is 0 Å². The number of rotatable bonds is 3. The normalized spacial score (nSPS) is 19.4. The number of anilines is 1. The van der Waals surface area contributed by atoms with Gasteiger partial charge in [-0.05, 0) is 30.4 Å². The van der Waals surface area contributed by atoms with E-state index >= 15 is 0 Å². The lowest BCUT2D eigenvalue weighted by Crippen LogP contribution is -2.39. The Morgan fingerprint density at radius 3 is 2.20 bits per heavy atom. The number of fused-ring (bicyclic) bond motifs is 1. The summed E-state index contributed by atoms with van der Waals surface area (Å²) in [4.78, 5) is 7.42. The van der Waals surface area contributed by atoms with Gasteiger partial charge in [0.2, 0.25) is 0 Å². The maximum Gasteiger partial charge on any atom is 0.158 e. The lowest BCUT2D eigenvalue weighted by Gasteiger charge is -2.36. The smallest absolute Gasteiger partial charge is 0.158 e. The predicted molar refractivity (Wildman–Crippen MR) is 124 cm³/mol. The van der Waals surface area contributed by atoms with Gasteiger partial charge in [0, 0.05) is 41.4 Å². The van der Waals surface area contributed by atoms with Gasteiger partial charge in [-0.25, -0.2) is 4.98 Å². The highest BCUT2D eigenvalue weighted by atomic mass is 35.5. The minimum absolute atomic E-state index is 0.656. The zero-order valence-corrected chi connectivity index (χ0v) is 18.0. The van der Waals surface area contributed by atoms with E-state index in [1.165, 1.54) is 6.42 Å². The fourth-order valence-electron chi connectivity index (χ4n) is 4.55. The Kier molecular flexibility index (Phi) is 4.95. The maximum atomic E-state index is 6.08. The van der Waals surface area contributed by atoms with Crippen LogP contribution in [-0.2, 0) is 0 Å². The van der Waals surface area contributed by atoms with Gasteiger partial charge in [0.1, 0.15) is 5.82 Å². The summed E-state index contributed by atoms with van der Waals surface area (Å²) < 4.78 is 2.00. The number of hydrogen-bond donors (Lipinski definition) is 0. The SMILES string of the molecule is C[C@H]1C[C@H](C)CN(c2cc(-c3ccccc3)nc3cc(-c4ccc(Cl)cc4)nn23)C1. The highest BCUT2D eigenvalue weighted by Gasteiger charge is 2.25. The second-order valence-corrected chi connectivity index (χ2v) is 8.96. The van der Waals surface area contributed by atoms with Gasteiger partial charge in [-0.2, -0.15) is 9.61 Å². The Morgan fingerprint density at radius 1 is 0.833 bits per heavy atom. The molecule has 0 bridgehead atoms. The van der Waals surface area contributed by atoms with Crippen molar-refractivity contribution < 1.29 is 0 Å². The van der Waals surface area contributed by atoms with Gasteiger partial charge in [0.05, 0.1) is 11.4 Å². The molecule has 0 N–H and O–H groups in total. The molecule has 0 amide bonds. The molecule has 30 heavy (non-hydrogen) atoms. The lowest BCUT2D eigenvalue weighted by molar-refractivity contribution is 0.354. The summed E-state index contributed by atoms with van der Waals surface area (Å²) in [5.74, 6) is 2.42. The third-order valence-corrected chi connectivity index (χ3v) is 6.06. The molecule has 2 atom stereocenters. The topological polar surface area (TPSA) is 33.4 Å². The van der Waals surface area contributed by atoms with Crippen molar-refractivity contribution in [2.45, 2.75) is 20.3 Å². The Morgan fingerprint density at radius 2 is 1.50 bits per heavy atom. The summed E-state index contributed by atoms with van der Waals surface area (Å²) >= 11 is 6.08. The minimum Gasteiger partial charge on any atom is -0.356 e. The first-order valence-corrected chi connectivity index (χ1v) is 10.9. The number of piperidine rings is 1. The van der Waals surface area contributed by atoms with Crippen molar-refractivity contribution in [2.75, 3.05) is 18.0 Å². The van der Waals surface area contributed by atoms with E-state index in [0.29, 0.717) is 11.8 Å². The van der Waals surface area contributed by atoms with Gasteiger partial charge in [0.15, 0.2) is 5.65 Å². The van der Waals surface area contributed by atoms with Crippen molar-refractivity contribution in [2.24, 2.45) is 11.8 Å². The first-order valence-electron chi connectivity index (χ1n) is 10.5. The van der Waals surface area contributed by atoms with Crippen LogP contribution in [0.5, 0.6) is 0 Å². The van der Waals surface area contributed by atoms with Crippen molar-refractivity contribution in [3.8, 4) is 22.5 Å². The molecule has 3 heterocycles. The number of benzene rings is 2. The van der Waals surface area contributed by atoms with E-state index in [0.717, 1.165) is 52.1 Å². The number of nitrogens with zero attached hydrogens (tertiary/aromatic N) is 4. The van der Waals surface area contributed by atoms with Crippen LogP contribution in [0.4, 0.5) is 5.82 Å². The average Bonchev–Trinajstić information content (AvgIpc) is 3.17. The molecule has 0 unspecified atom stereocenters. The van der Waals surface area contributed by atoms with Crippen LogP contribution in [0.1, 0.15) is 20.3 Å². The van der Waals surface area contributed by atoms with E-state index in [-0.39, 0.29) is 0 Å². The summed E-state index contributed by atoms with van der Waals surface area (Å²) in [6.07, 6.45) is 1.27. The molecule has 1 aliphatic rings. The average molecular weight is 417 g/mol. The van der Waals surface area contributed by atoms with Crippen molar-refractivity contribution in [1.82, 2.24) is 14.6 Å². The molecule has 1 saturated heterocycles. The quantitative estimate of drug-likeness (QED) is 0.398. The van der Waals surface area contributed by atoms with Crippen LogP contribution in [-0.4, -0.2) is 27.7 Å². The molecule has 0 radical (unpaired) electrons. The predicted octanol–water partition coefficient (Wildman–Crippen LogP) is 6.20. The number of aromatic nitrogens is 3. The molecule has 1 fully saturated rings. The summed E-state index contributed by atoms with van der Waals surface area (Å²) in [5.41, 5.74) is 4.91. The highest BCUT2D eigenvalue weighted by Crippen LogP contribution is 2.31. The van der Waals surface area contributed by atoms with E-state index < -0.39 is 0 Å². The van der Waals surface area contributed by atoms with E-state index in [2.05, 4.69) is 55.1 Å². The third kappa shape index (κ3) is 3.68. The van der Waals surface area contributed by atoms with Crippen molar-refractivity contribution in [1.29, 1.82) is 0 Å². The van der Waals surface area contributed by atoms with Crippen molar-refractivity contribution >= 4 is 23.1 Å². The van der Waals surface area contributed by atoms with E-state index in [9.17, 15) is 0 Å². The van der Waals surface area contributed by atoms with Crippen LogP contribution in [0.15, 0.2) is 66.7 Å². The van der Waals surface area contributed by atoms with Crippen LogP contribution in [0.2, 0.25) is 5.02 Å². The number of hydrogen-bond acceptors (Lipinski definition) is 3. The van der Waals surface area contributed by atoms with E-state index in [1.807, 2.05) is 34.8 Å². The molecule has 0 aliphatic carbocycles. The van der Waals surface area contributed by atoms with Gasteiger partial charge >= 0.3 is 0 Å². The Hall–Kier alpha value is -2.85. The first-order chi connectivity index (χ1) is 14.6. The van der Waals surface area contributed by atoms with Crippen LogP contribution in [0, 0.1) is 11.8 Å². The Balaban J connectivity index is 1.67. The van der Waals surface area contributed by atoms with E-state index in [1.54, 1.807) is 0 Å². The molecule has 4 nitrogen and oxygen atoms in total. The maximum absolute atomic E-state index is 6.08. The minimum atomic E-state index is 0.656. The zero-order valence-electron chi connectivity index (χ0n) is 17.3. The van der Waals surface area contributed by atoms with Crippen molar-refractivity contribution in [3.05, 3.63) is 71.8 Å². The second-order valence-electron chi connectivity index (χ2n) is 8.52. The summed E-state index contributed by atoms with van der Waals surface area (Å²) in [6.45, 7) is 6.74. The standard InChI is InChI=1S/C25H25ClN4/c1-17-12-18(2)16-29(15-17)25-14-22(19-6-4-3-5-7-19)27-24-13-23(28-30(24)25)20-8-10-21(26)11-9-20/h3-11,13-14,17-18H,12,15-16H2,1-2H3/t17-,18-/m0/s1. The van der Waals surface area contributed by atoms with Crippen LogP contribution in [0.3, 0.4) is 0 Å². The molecule has 0 saturated carbocycles. The van der Waals surface area contributed by atoms with Crippen LogP contribution >= 0.6 is 11.6 Å².